The average molecular weight is 145 g/mol. The molecule has 0 aromatic carbocycles. The summed E-state index contributed by atoms with van der Waals surface area (Å²) in [5.41, 5.74) is 0. The molecule has 10 heavy (non-hydrogen) atoms. The van der Waals surface area contributed by atoms with Gasteiger partial charge in [-0.15, -0.1) is 0 Å². The van der Waals surface area contributed by atoms with E-state index in [2.05, 4.69) is 19.2 Å². The lowest BCUT2D eigenvalue weighted by Gasteiger charge is -2.09. The Balaban J connectivity index is 2.91. The summed E-state index contributed by atoms with van der Waals surface area (Å²) in [7, 11) is 0. The molecule has 0 aliphatic carbocycles. The smallest absolute Gasteiger partial charge is 0.0968 e. The second kappa shape index (κ2) is 5.69. The van der Waals surface area contributed by atoms with E-state index in [1.165, 1.54) is 0 Å². The molecule has 0 aromatic rings. The van der Waals surface area contributed by atoms with E-state index < -0.39 is 0 Å². The number of ether oxygens (including phenoxy) is 1. The van der Waals surface area contributed by atoms with Gasteiger partial charge in [0, 0.05) is 0 Å². The molecule has 62 valence electrons. The lowest BCUT2D eigenvalue weighted by molar-refractivity contribution is 0.0631. The van der Waals surface area contributed by atoms with Gasteiger partial charge >= 0.3 is 0 Å². The molecule has 0 heterocycles. The van der Waals surface area contributed by atoms with E-state index in [9.17, 15) is 0 Å². The van der Waals surface area contributed by atoms with Crippen molar-refractivity contribution in [3.63, 3.8) is 0 Å². The lowest BCUT2D eigenvalue weighted by Crippen LogP contribution is -2.24. The Morgan fingerprint density at radius 2 is 1.80 bits per heavy atom. The lowest BCUT2D eigenvalue weighted by atomic mass is 10.2. The molecule has 0 amide bonds. The zero-order valence-electron chi connectivity index (χ0n) is 7.48. The largest absolute Gasteiger partial charge is 0.364 e. The SMILES string of the molecule is CC(C)CNCOC(C)C. The average Bonchev–Trinajstić information content (AvgIpc) is 1.79. The Hall–Kier alpha value is -0.0800. The maximum Gasteiger partial charge on any atom is 0.0968 e. The standard InChI is InChI=1S/C8H19NO/c1-7(2)5-9-6-10-8(3)4/h7-9H,5-6H2,1-4H3. The Labute approximate surface area is 64.0 Å². The molecule has 0 rings (SSSR count). The molecule has 0 saturated carbocycles. The third-order valence-corrected chi connectivity index (χ3v) is 1.07. The molecule has 2 nitrogen and oxygen atoms in total. The van der Waals surface area contributed by atoms with E-state index in [1.807, 2.05) is 13.8 Å². The topological polar surface area (TPSA) is 21.3 Å². The van der Waals surface area contributed by atoms with Crippen molar-refractivity contribution in [1.82, 2.24) is 5.32 Å². The molecular formula is C8H19NO. The first kappa shape index (κ1) is 9.92. The summed E-state index contributed by atoms with van der Waals surface area (Å²) in [6.07, 6.45) is 0.333. The Morgan fingerprint density at radius 1 is 1.20 bits per heavy atom. The third kappa shape index (κ3) is 7.92. The van der Waals surface area contributed by atoms with Crippen LogP contribution in [0.15, 0.2) is 0 Å². The third-order valence-electron chi connectivity index (χ3n) is 1.07. The summed E-state index contributed by atoms with van der Waals surface area (Å²) in [5, 5.41) is 3.19. The van der Waals surface area contributed by atoms with Crippen molar-refractivity contribution in [3.05, 3.63) is 0 Å². The quantitative estimate of drug-likeness (QED) is 0.469. The molecule has 0 bridgehead atoms. The molecule has 0 saturated heterocycles. The van der Waals surface area contributed by atoms with Gasteiger partial charge in [0.25, 0.3) is 0 Å². The minimum absolute atomic E-state index is 0.333. The van der Waals surface area contributed by atoms with Crippen molar-refractivity contribution in [1.29, 1.82) is 0 Å². The zero-order chi connectivity index (χ0) is 7.98. The zero-order valence-corrected chi connectivity index (χ0v) is 7.48. The minimum atomic E-state index is 0.333. The van der Waals surface area contributed by atoms with Gasteiger partial charge in [-0.1, -0.05) is 13.8 Å². The Kier molecular flexibility index (Phi) is 5.64. The van der Waals surface area contributed by atoms with Gasteiger partial charge in [-0.3, -0.25) is 5.32 Å². The number of nitrogens with one attached hydrogen (secondary N) is 1. The van der Waals surface area contributed by atoms with Gasteiger partial charge < -0.3 is 4.74 Å². The van der Waals surface area contributed by atoms with Crippen LogP contribution in [0.5, 0.6) is 0 Å². The molecule has 0 fully saturated rings. The molecular weight excluding hydrogens is 126 g/mol. The van der Waals surface area contributed by atoms with Crippen LogP contribution in [0.4, 0.5) is 0 Å². The fourth-order valence-corrected chi connectivity index (χ4v) is 0.573. The highest BCUT2D eigenvalue weighted by Gasteiger charge is 1.93. The fraction of sp³-hybridized carbons (Fsp3) is 1.00. The fourth-order valence-electron chi connectivity index (χ4n) is 0.573. The molecule has 0 unspecified atom stereocenters. The molecule has 0 aliphatic rings. The van der Waals surface area contributed by atoms with E-state index in [0.717, 1.165) is 6.54 Å². The van der Waals surface area contributed by atoms with Crippen LogP contribution in [0.3, 0.4) is 0 Å². The van der Waals surface area contributed by atoms with Gasteiger partial charge in [-0.05, 0) is 26.3 Å². The van der Waals surface area contributed by atoms with Gasteiger partial charge in [-0.25, -0.2) is 0 Å². The molecule has 1 N–H and O–H groups in total. The molecule has 0 radical (unpaired) electrons. The minimum Gasteiger partial charge on any atom is -0.364 e. The summed E-state index contributed by atoms with van der Waals surface area (Å²) in [6, 6.07) is 0. The van der Waals surface area contributed by atoms with Crippen molar-refractivity contribution >= 4 is 0 Å². The van der Waals surface area contributed by atoms with E-state index in [4.69, 9.17) is 4.74 Å². The van der Waals surface area contributed by atoms with Crippen LogP contribution in [0, 0.1) is 5.92 Å². The van der Waals surface area contributed by atoms with Gasteiger partial charge in [0.05, 0.1) is 12.8 Å². The maximum atomic E-state index is 5.28. The van der Waals surface area contributed by atoms with Gasteiger partial charge in [0.15, 0.2) is 0 Å². The van der Waals surface area contributed by atoms with Crippen molar-refractivity contribution in [3.8, 4) is 0 Å². The summed E-state index contributed by atoms with van der Waals surface area (Å²) in [4.78, 5) is 0. The van der Waals surface area contributed by atoms with E-state index in [0.29, 0.717) is 18.8 Å². The second-order valence-electron chi connectivity index (χ2n) is 3.21. The maximum absolute atomic E-state index is 5.28. The molecule has 0 spiro atoms. The molecule has 2 heteroatoms. The monoisotopic (exact) mass is 145 g/mol. The summed E-state index contributed by atoms with van der Waals surface area (Å²) in [6.45, 7) is 10.2. The van der Waals surface area contributed by atoms with E-state index in [-0.39, 0.29) is 0 Å². The highest BCUT2D eigenvalue weighted by atomic mass is 16.5. The Morgan fingerprint density at radius 3 is 2.20 bits per heavy atom. The predicted octanol–water partition coefficient (Wildman–Crippen LogP) is 1.61. The first-order valence-electron chi connectivity index (χ1n) is 3.95. The van der Waals surface area contributed by atoms with Gasteiger partial charge in [0.1, 0.15) is 0 Å². The second-order valence-corrected chi connectivity index (χ2v) is 3.21. The first-order chi connectivity index (χ1) is 4.63. The van der Waals surface area contributed by atoms with Crippen LogP contribution in [-0.4, -0.2) is 19.4 Å². The summed E-state index contributed by atoms with van der Waals surface area (Å²) in [5.74, 6) is 0.704. The van der Waals surface area contributed by atoms with E-state index in [1.54, 1.807) is 0 Å². The van der Waals surface area contributed by atoms with Crippen LogP contribution in [-0.2, 0) is 4.74 Å². The normalized spacial score (nSPS) is 11.4. The van der Waals surface area contributed by atoms with Crippen LogP contribution in [0.1, 0.15) is 27.7 Å². The number of rotatable bonds is 5. The van der Waals surface area contributed by atoms with Crippen molar-refractivity contribution in [2.45, 2.75) is 33.8 Å². The molecule has 0 atom stereocenters. The van der Waals surface area contributed by atoms with Crippen LogP contribution < -0.4 is 5.32 Å². The Bertz CT molecular complexity index is 61.7. The molecule has 0 aliphatic heterocycles. The number of hydrogen-bond acceptors (Lipinski definition) is 2. The first-order valence-corrected chi connectivity index (χ1v) is 3.95. The van der Waals surface area contributed by atoms with E-state index >= 15 is 0 Å². The van der Waals surface area contributed by atoms with Crippen molar-refractivity contribution in [2.75, 3.05) is 13.3 Å². The predicted molar refractivity (Wildman–Crippen MR) is 43.9 cm³/mol. The highest BCUT2D eigenvalue weighted by Crippen LogP contribution is 1.88. The van der Waals surface area contributed by atoms with Crippen molar-refractivity contribution in [2.24, 2.45) is 5.92 Å². The van der Waals surface area contributed by atoms with Crippen LogP contribution in [0.2, 0.25) is 0 Å². The summed E-state index contributed by atoms with van der Waals surface area (Å²) < 4.78 is 5.28. The van der Waals surface area contributed by atoms with Crippen molar-refractivity contribution < 1.29 is 4.74 Å². The molecule has 0 aromatic heterocycles. The van der Waals surface area contributed by atoms with Crippen LogP contribution >= 0.6 is 0 Å². The van der Waals surface area contributed by atoms with Crippen LogP contribution in [0.25, 0.3) is 0 Å². The highest BCUT2D eigenvalue weighted by molar-refractivity contribution is 4.46. The number of hydrogen-bond donors (Lipinski definition) is 1. The van der Waals surface area contributed by atoms with Gasteiger partial charge in [0.2, 0.25) is 0 Å². The van der Waals surface area contributed by atoms with Gasteiger partial charge in [-0.2, -0.15) is 0 Å². The summed E-state index contributed by atoms with van der Waals surface area (Å²) >= 11 is 0.